The van der Waals surface area contributed by atoms with Crippen molar-refractivity contribution in [2.75, 3.05) is 5.88 Å². The van der Waals surface area contributed by atoms with E-state index in [0.717, 1.165) is 30.8 Å². The van der Waals surface area contributed by atoms with Crippen LogP contribution in [0.5, 0.6) is 0 Å². The van der Waals surface area contributed by atoms with Crippen molar-refractivity contribution < 1.29 is 4.79 Å². The van der Waals surface area contributed by atoms with E-state index in [1.807, 2.05) is 15.6 Å². The first-order valence-corrected chi connectivity index (χ1v) is 9.40. The number of carbonyl (C=O) groups excluding carboxylic acids is 1. The number of hydrogen-bond donors (Lipinski definition) is 0. The number of carbonyl (C=O) groups is 1. The number of nitrogens with zero attached hydrogens (tertiary/aromatic N) is 4. The molecule has 0 aliphatic carbocycles. The van der Waals surface area contributed by atoms with Crippen LogP contribution in [0.15, 0.2) is 42.7 Å². The monoisotopic (exact) mass is 368 g/mol. The molecule has 0 saturated heterocycles. The van der Waals surface area contributed by atoms with E-state index in [9.17, 15) is 4.79 Å². The highest BCUT2D eigenvalue weighted by atomic mass is 35.5. The van der Waals surface area contributed by atoms with Gasteiger partial charge in [0, 0.05) is 25.6 Å². The van der Waals surface area contributed by atoms with E-state index in [-0.39, 0.29) is 17.8 Å². The van der Waals surface area contributed by atoms with Crippen molar-refractivity contribution in [2.45, 2.75) is 38.9 Å². The van der Waals surface area contributed by atoms with Crippen molar-refractivity contribution in [2.24, 2.45) is 0 Å². The Hall–Kier alpha value is -2.40. The molecule has 0 spiro atoms. The fourth-order valence-corrected chi connectivity index (χ4v) is 3.96. The molecule has 0 N–H and O–H groups in total. The second-order valence-electron chi connectivity index (χ2n) is 6.77. The number of hydrogen-bond acceptors (Lipinski definition) is 3. The summed E-state index contributed by atoms with van der Waals surface area (Å²) >= 11 is 5.92. The van der Waals surface area contributed by atoms with E-state index < -0.39 is 0 Å². The smallest absolute Gasteiger partial charge is 0.238 e. The lowest BCUT2D eigenvalue weighted by Crippen LogP contribution is -2.44. The first kappa shape index (κ1) is 17.0. The van der Waals surface area contributed by atoms with Crippen LogP contribution in [0, 0.1) is 6.92 Å². The Kier molecular flexibility index (Phi) is 4.64. The summed E-state index contributed by atoms with van der Waals surface area (Å²) in [6, 6.07) is 12.7. The van der Waals surface area contributed by atoms with Crippen LogP contribution in [0.1, 0.15) is 23.4 Å². The molecule has 5 nitrogen and oxygen atoms in total. The maximum atomic E-state index is 12.6. The van der Waals surface area contributed by atoms with Gasteiger partial charge in [-0.05, 0) is 35.2 Å². The van der Waals surface area contributed by atoms with Gasteiger partial charge in [0.15, 0.2) is 0 Å². The zero-order valence-corrected chi connectivity index (χ0v) is 15.5. The lowest BCUT2D eigenvalue weighted by Gasteiger charge is -2.34. The van der Waals surface area contributed by atoms with E-state index in [1.165, 1.54) is 16.3 Å². The third-order valence-electron chi connectivity index (χ3n) is 5.31. The molecule has 3 aromatic rings. The van der Waals surface area contributed by atoms with Gasteiger partial charge in [-0.25, -0.2) is 9.67 Å². The molecule has 0 saturated carbocycles. The SMILES string of the molecule is Cc1c(CN(C(=O)CCl)C2CCn3ncnc3C2)ccc2ccccc12. The van der Waals surface area contributed by atoms with Gasteiger partial charge in [0.25, 0.3) is 0 Å². The minimum Gasteiger partial charge on any atom is -0.334 e. The van der Waals surface area contributed by atoms with Crippen LogP contribution in [0.2, 0.25) is 0 Å². The van der Waals surface area contributed by atoms with Gasteiger partial charge in [-0.3, -0.25) is 4.79 Å². The van der Waals surface area contributed by atoms with Gasteiger partial charge in [-0.2, -0.15) is 5.10 Å². The van der Waals surface area contributed by atoms with Crippen molar-refractivity contribution >= 4 is 28.3 Å². The number of halogens is 1. The topological polar surface area (TPSA) is 51.0 Å². The minimum atomic E-state index is -0.0304. The van der Waals surface area contributed by atoms with Gasteiger partial charge in [0.05, 0.1) is 0 Å². The summed E-state index contributed by atoms with van der Waals surface area (Å²) in [5.74, 6) is 0.900. The number of rotatable bonds is 4. The van der Waals surface area contributed by atoms with Crippen molar-refractivity contribution in [3.05, 3.63) is 59.7 Å². The molecular formula is C20H21ClN4O. The maximum Gasteiger partial charge on any atom is 0.238 e. The normalized spacial score (nSPS) is 16.5. The number of amides is 1. The molecule has 4 rings (SSSR count). The van der Waals surface area contributed by atoms with Crippen LogP contribution in [0.25, 0.3) is 10.8 Å². The number of aromatic nitrogens is 3. The quantitative estimate of drug-likeness (QED) is 0.664. The molecule has 134 valence electrons. The molecule has 2 heterocycles. The van der Waals surface area contributed by atoms with E-state index in [4.69, 9.17) is 11.6 Å². The Balaban J connectivity index is 1.64. The van der Waals surface area contributed by atoms with Crippen LogP contribution < -0.4 is 0 Å². The predicted octanol–water partition coefficient (Wildman–Crippen LogP) is 3.32. The van der Waals surface area contributed by atoms with Crippen LogP contribution >= 0.6 is 11.6 Å². The first-order chi connectivity index (χ1) is 12.7. The number of aryl methyl sites for hydroxylation is 2. The first-order valence-electron chi connectivity index (χ1n) is 8.86. The molecule has 1 aliphatic heterocycles. The summed E-state index contributed by atoms with van der Waals surface area (Å²) in [7, 11) is 0. The van der Waals surface area contributed by atoms with Crippen molar-refractivity contribution in [1.82, 2.24) is 19.7 Å². The third-order valence-corrected chi connectivity index (χ3v) is 5.54. The molecule has 0 fully saturated rings. The highest BCUT2D eigenvalue weighted by Gasteiger charge is 2.29. The van der Waals surface area contributed by atoms with Crippen molar-refractivity contribution in [3.8, 4) is 0 Å². The third kappa shape index (κ3) is 3.07. The Morgan fingerprint density at radius 1 is 1.31 bits per heavy atom. The highest BCUT2D eigenvalue weighted by molar-refractivity contribution is 6.27. The fourth-order valence-electron chi connectivity index (χ4n) is 3.81. The summed E-state index contributed by atoms with van der Waals surface area (Å²) in [5, 5.41) is 6.67. The Labute approximate surface area is 157 Å². The van der Waals surface area contributed by atoms with Crippen LogP contribution in [0.3, 0.4) is 0 Å². The molecule has 1 aromatic heterocycles. The van der Waals surface area contributed by atoms with E-state index in [0.29, 0.717) is 6.54 Å². The fraction of sp³-hybridized carbons (Fsp3) is 0.350. The summed E-state index contributed by atoms with van der Waals surface area (Å²) < 4.78 is 1.92. The second-order valence-corrected chi connectivity index (χ2v) is 7.04. The van der Waals surface area contributed by atoms with E-state index in [2.05, 4.69) is 47.3 Å². The van der Waals surface area contributed by atoms with Crippen LogP contribution in [0.4, 0.5) is 0 Å². The molecule has 26 heavy (non-hydrogen) atoms. The van der Waals surface area contributed by atoms with Gasteiger partial charge in [0.2, 0.25) is 5.91 Å². The summed E-state index contributed by atoms with van der Waals surface area (Å²) in [6.45, 7) is 3.47. The van der Waals surface area contributed by atoms with Crippen molar-refractivity contribution in [1.29, 1.82) is 0 Å². The Morgan fingerprint density at radius 2 is 2.15 bits per heavy atom. The molecule has 0 bridgehead atoms. The number of benzene rings is 2. The van der Waals surface area contributed by atoms with Crippen LogP contribution in [-0.4, -0.2) is 37.5 Å². The zero-order valence-electron chi connectivity index (χ0n) is 14.7. The lowest BCUT2D eigenvalue weighted by molar-refractivity contribution is -0.132. The molecule has 0 radical (unpaired) electrons. The summed E-state index contributed by atoms with van der Waals surface area (Å²) in [4.78, 5) is 18.8. The molecule has 6 heteroatoms. The molecule has 1 unspecified atom stereocenters. The Morgan fingerprint density at radius 3 is 3.00 bits per heavy atom. The Bertz CT molecular complexity index is 952. The molecular weight excluding hydrogens is 348 g/mol. The average molecular weight is 369 g/mol. The van der Waals surface area contributed by atoms with Gasteiger partial charge in [-0.1, -0.05) is 36.4 Å². The summed E-state index contributed by atoms with van der Waals surface area (Å²) in [5.41, 5.74) is 2.38. The lowest BCUT2D eigenvalue weighted by atomic mass is 9.98. The van der Waals surface area contributed by atoms with Crippen LogP contribution in [-0.2, 0) is 24.3 Å². The second kappa shape index (κ2) is 7.08. The number of fused-ring (bicyclic) bond motifs is 2. The minimum absolute atomic E-state index is 0.00415. The zero-order chi connectivity index (χ0) is 18.1. The number of alkyl halides is 1. The standard InChI is InChI=1S/C20H21ClN4O/c1-14-16(7-6-15-4-2-3-5-18(14)15)12-24(20(26)11-21)17-8-9-25-19(10-17)22-13-23-25/h2-7,13,17H,8-12H2,1H3. The van der Waals surface area contributed by atoms with Gasteiger partial charge >= 0.3 is 0 Å². The van der Waals surface area contributed by atoms with E-state index >= 15 is 0 Å². The molecule has 1 amide bonds. The van der Waals surface area contributed by atoms with E-state index in [1.54, 1.807) is 6.33 Å². The maximum absolute atomic E-state index is 12.6. The largest absolute Gasteiger partial charge is 0.334 e. The molecule has 1 aliphatic rings. The average Bonchev–Trinajstić information content (AvgIpc) is 3.15. The molecule has 1 atom stereocenters. The van der Waals surface area contributed by atoms with Crippen molar-refractivity contribution in [3.63, 3.8) is 0 Å². The predicted molar refractivity (Wildman–Crippen MR) is 102 cm³/mol. The highest BCUT2D eigenvalue weighted by Crippen LogP contribution is 2.25. The summed E-state index contributed by atoms with van der Waals surface area (Å²) in [6.07, 6.45) is 3.17. The molecule has 2 aromatic carbocycles. The van der Waals surface area contributed by atoms with Gasteiger partial charge < -0.3 is 4.90 Å². The van der Waals surface area contributed by atoms with Gasteiger partial charge in [-0.15, -0.1) is 11.6 Å². The van der Waals surface area contributed by atoms with Gasteiger partial charge in [0.1, 0.15) is 18.0 Å².